The Bertz CT molecular complexity index is 1220. The number of anilines is 1. The zero-order chi connectivity index (χ0) is 24.2. The number of carbonyl (C=O) groups is 3. The average Bonchev–Trinajstić information content (AvgIpc) is 3.32. The molecule has 3 heterocycles. The highest BCUT2D eigenvalue weighted by Crippen LogP contribution is 2.32. The van der Waals surface area contributed by atoms with Crippen molar-refractivity contribution in [3.63, 3.8) is 0 Å². The van der Waals surface area contributed by atoms with Gasteiger partial charge in [-0.05, 0) is 24.3 Å². The molecule has 1 saturated heterocycles. The number of hydrogen-bond acceptors (Lipinski definition) is 5. The molecule has 1 fully saturated rings. The van der Waals surface area contributed by atoms with Crippen LogP contribution in [0.25, 0.3) is 10.9 Å². The highest BCUT2D eigenvalue weighted by atomic mass is 16.6. The van der Waals surface area contributed by atoms with E-state index in [0.29, 0.717) is 62.3 Å². The van der Waals surface area contributed by atoms with Crippen LogP contribution in [0.15, 0.2) is 48.5 Å². The summed E-state index contributed by atoms with van der Waals surface area (Å²) in [6.07, 6.45) is 0.138. The van der Waals surface area contributed by atoms with Crippen molar-refractivity contribution < 1.29 is 23.9 Å². The highest BCUT2D eigenvalue weighted by molar-refractivity contribution is 5.98. The molecule has 0 unspecified atom stereocenters. The van der Waals surface area contributed by atoms with Crippen LogP contribution >= 0.6 is 0 Å². The Balaban J connectivity index is 1.04. The number of ether oxygens (including phenoxy) is 2. The van der Waals surface area contributed by atoms with Crippen LogP contribution in [-0.2, 0) is 4.79 Å². The molecule has 0 aliphatic carbocycles. The standard InChI is InChI=1S/C25H27N5O5/c31-23(27-18-5-6-21-22(16-18)35-14-13-34-21)7-8-26-25(33)30-11-9-29(10-12-30)24(32)20-15-17-3-1-2-4-19(17)28-20/h1-6,15-16,28H,7-14H2,(H,26,33)(H,27,31). The Hall–Kier alpha value is -4.21. The summed E-state index contributed by atoms with van der Waals surface area (Å²) in [7, 11) is 0. The van der Waals surface area contributed by atoms with Crippen LogP contribution in [0.5, 0.6) is 11.5 Å². The maximum Gasteiger partial charge on any atom is 0.317 e. The summed E-state index contributed by atoms with van der Waals surface area (Å²) in [5.41, 5.74) is 2.08. The van der Waals surface area contributed by atoms with Crippen LogP contribution in [-0.4, -0.2) is 78.6 Å². The second-order valence-electron chi connectivity index (χ2n) is 8.44. The van der Waals surface area contributed by atoms with E-state index in [0.717, 1.165) is 10.9 Å². The van der Waals surface area contributed by atoms with Gasteiger partial charge in [-0.15, -0.1) is 0 Å². The van der Waals surface area contributed by atoms with E-state index in [1.807, 2.05) is 30.3 Å². The Labute approximate surface area is 202 Å². The lowest BCUT2D eigenvalue weighted by molar-refractivity contribution is -0.116. The number of para-hydroxylation sites is 1. The second kappa shape index (κ2) is 9.96. The monoisotopic (exact) mass is 477 g/mol. The molecule has 4 amide bonds. The lowest BCUT2D eigenvalue weighted by atomic mass is 10.2. The normalized spacial score (nSPS) is 15.1. The number of carbonyl (C=O) groups excluding carboxylic acids is 3. The molecule has 0 bridgehead atoms. The van der Waals surface area contributed by atoms with Crippen molar-refractivity contribution in [1.29, 1.82) is 0 Å². The molecule has 5 rings (SSSR count). The van der Waals surface area contributed by atoms with Crippen LogP contribution in [0.4, 0.5) is 10.5 Å². The van der Waals surface area contributed by atoms with Gasteiger partial charge in [-0.2, -0.15) is 0 Å². The lowest BCUT2D eigenvalue weighted by Crippen LogP contribution is -2.53. The number of rotatable bonds is 5. The summed E-state index contributed by atoms with van der Waals surface area (Å²) in [4.78, 5) is 44.2. The summed E-state index contributed by atoms with van der Waals surface area (Å²) in [6.45, 7) is 2.96. The highest BCUT2D eigenvalue weighted by Gasteiger charge is 2.25. The second-order valence-corrected chi connectivity index (χ2v) is 8.44. The zero-order valence-corrected chi connectivity index (χ0v) is 19.2. The van der Waals surface area contributed by atoms with Crippen molar-refractivity contribution >= 4 is 34.4 Å². The van der Waals surface area contributed by atoms with Crippen LogP contribution < -0.4 is 20.1 Å². The minimum Gasteiger partial charge on any atom is -0.486 e. The van der Waals surface area contributed by atoms with Crippen molar-refractivity contribution in [1.82, 2.24) is 20.1 Å². The first kappa shape index (κ1) is 22.6. The maximum absolute atomic E-state index is 12.8. The van der Waals surface area contributed by atoms with Gasteiger partial charge < -0.3 is 34.9 Å². The van der Waals surface area contributed by atoms with E-state index in [9.17, 15) is 14.4 Å². The Morgan fingerprint density at radius 2 is 1.63 bits per heavy atom. The van der Waals surface area contributed by atoms with Gasteiger partial charge >= 0.3 is 6.03 Å². The minimum atomic E-state index is -0.241. The fourth-order valence-electron chi connectivity index (χ4n) is 4.21. The van der Waals surface area contributed by atoms with Crippen molar-refractivity contribution in [3.05, 3.63) is 54.2 Å². The topological polar surface area (TPSA) is 116 Å². The van der Waals surface area contributed by atoms with Gasteiger partial charge in [-0.25, -0.2) is 4.79 Å². The molecule has 2 aliphatic heterocycles. The first-order valence-corrected chi connectivity index (χ1v) is 11.7. The van der Waals surface area contributed by atoms with Crippen LogP contribution in [0.3, 0.4) is 0 Å². The van der Waals surface area contributed by atoms with E-state index in [1.54, 1.807) is 28.0 Å². The van der Waals surface area contributed by atoms with Gasteiger partial charge in [0.15, 0.2) is 11.5 Å². The summed E-state index contributed by atoms with van der Waals surface area (Å²) >= 11 is 0. The molecule has 0 radical (unpaired) electrons. The van der Waals surface area contributed by atoms with Crippen LogP contribution in [0, 0.1) is 0 Å². The molecular formula is C25H27N5O5. The van der Waals surface area contributed by atoms with Crippen LogP contribution in [0.2, 0.25) is 0 Å². The molecule has 3 aromatic rings. The third-order valence-corrected chi connectivity index (χ3v) is 6.07. The first-order valence-electron chi connectivity index (χ1n) is 11.7. The number of fused-ring (bicyclic) bond motifs is 2. The smallest absolute Gasteiger partial charge is 0.317 e. The molecule has 3 N–H and O–H groups in total. The van der Waals surface area contributed by atoms with Gasteiger partial charge in [0.2, 0.25) is 5.91 Å². The molecule has 2 aliphatic rings. The molecule has 1 aromatic heterocycles. The number of amides is 4. The maximum atomic E-state index is 12.8. The van der Waals surface area contributed by atoms with Crippen molar-refractivity contribution in [2.45, 2.75) is 6.42 Å². The quantitative estimate of drug-likeness (QED) is 0.522. The van der Waals surface area contributed by atoms with E-state index in [-0.39, 0.29) is 30.8 Å². The molecule has 2 aromatic carbocycles. The molecule has 10 heteroatoms. The summed E-state index contributed by atoms with van der Waals surface area (Å²) in [5.74, 6) is 0.974. The van der Waals surface area contributed by atoms with E-state index < -0.39 is 0 Å². The third kappa shape index (κ3) is 5.16. The predicted molar refractivity (Wildman–Crippen MR) is 130 cm³/mol. The summed E-state index contributed by atoms with van der Waals surface area (Å²) in [5, 5.41) is 6.58. The van der Waals surface area contributed by atoms with Crippen molar-refractivity contribution in [3.8, 4) is 11.5 Å². The van der Waals surface area contributed by atoms with Gasteiger partial charge in [0.25, 0.3) is 5.91 Å². The van der Waals surface area contributed by atoms with Gasteiger partial charge in [0.1, 0.15) is 18.9 Å². The Morgan fingerprint density at radius 3 is 2.43 bits per heavy atom. The molecule has 182 valence electrons. The molecule has 0 atom stereocenters. The first-order chi connectivity index (χ1) is 17.1. The number of aromatic nitrogens is 1. The van der Waals surface area contributed by atoms with Gasteiger partial charge in [-0.1, -0.05) is 18.2 Å². The number of nitrogens with zero attached hydrogens (tertiary/aromatic N) is 2. The van der Waals surface area contributed by atoms with E-state index >= 15 is 0 Å². The number of piperazine rings is 1. The summed E-state index contributed by atoms with van der Waals surface area (Å²) < 4.78 is 11.0. The molecule has 35 heavy (non-hydrogen) atoms. The predicted octanol–water partition coefficient (Wildman–Crippen LogP) is 2.44. The minimum absolute atomic E-state index is 0.0722. The number of urea groups is 1. The molecule has 0 saturated carbocycles. The molecule has 10 nitrogen and oxygen atoms in total. The Kier molecular flexibility index (Phi) is 6.42. The Morgan fingerprint density at radius 1 is 0.886 bits per heavy atom. The third-order valence-electron chi connectivity index (χ3n) is 6.07. The molecular weight excluding hydrogens is 450 g/mol. The van der Waals surface area contributed by atoms with Gasteiger partial charge in [-0.3, -0.25) is 9.59 Å². The van der Waals surface area contributed by atoms with Gasteiger partial charge in [0.05, 0.1) is 0 Å². The van der Waals surface area contributed by atoms with Crippen molar-refractivity contribution in [2.24, 2.45) is 0 Å². The van der Waals surface area contributed by atoms with Gasteiger partial charge in [0, 0.05) is 61.8 Å². The fourth-order valence-corrected chi connectivity index (χ4v) is 4.21. The SMILES string of the molecule is O=C(CCNC(=O)N1CCN(C(=O)c2cc3ccccc3[nH]2)CC1)Nc1ccc2c(c1)OCCO2. The lowest BCUT2D eigenvalue weighted by Gasteiger charge is -2.34. The number of H-pyrrole nitrogens is 1. The largest absolute Gasteiger partial charge is 0.486 e. The van der Waals surface area contributed by atoms with Crippen LogP contribution in [0.1, 0.15) is 16.9 Å². The van der Waals surface area contributed by atoms with Crippen molar-refractivity contribution in [2.75, 3.05) is 51.3 Å². The van der Waals surface area contributed by atoms with E-state index in [1.165, 1.54) is 0 Å². The average molecular weight is 478 g/mol. The van der Waals surface area contributed by atoms with E-state index in [2.05, 4.69) is 15.6 Å². The molecule has 0 spiro atoms. The number of hydrogen-bond donors (Lipinski definition) is 3. The fraction of sp³-hybridized carbons (Fsp3) is 0.320. The van der Waals surface area contributed by atoms with E-state index in [4.69, 9.17) is 9.47 Å². The number of aromatic amines is 1. The summed E-state index contributed by atoms with van der Waals surface area (Å²) in [6, 6.07) is 14.6. The number of benzene rings is 2. The number of nitrogens with one attached hydrogen (secondary N) is 3. The zero-order valence-electron chi connectivity index (χ0n) is 19.2.